The van der Waals surface area contributed by atoms with Crippen molar-refractivity contribution in [2.75, 3.05) is 11.9 Å². The first-order valence-electron chi connectivity index (χ1n) is 8.58. The molecule has 0 saturated carbocycles. The van der Waals surface area contributed by atoms with Gasteiger partial charge in [-0.25, -0.2) is 4.98 Å². The fourth-order valence-corrected chi connectivity index (χ4v) is 5.09. The van der Waals surface area contributed by atoms with E-state index in [0.717, 1.165) is 10.6 Å². The summed E-state index contributed by atoms with van der Waals surface area (Å²) in [7, 11) is -4.02. The Morgan fingerprint density at radius 2 is 2.00 bits per heavy atom. The summed E-state index contributed by atoms with van der Waals surface area (Å²) in [5, 5.41) is 8.52. The largest absolute Gasteiger partial charge is 0.348 e. The Morgan fingerprint density at radius 1 is 1.21 bits per heavy atom. The summed E-state index contributed by atoms with van der Waals surface area (Å²) in [6.07, 6.45) is 1.71. The van der Waals surface area contributed by atoms with Gasteiger partial charge in [0.25, 0.3) is 15.9 Å². The fraction of sp³-hybridized carbons (Fsp3) is 0.105. The lowest BCUT2D eigenvalue weighted by Crippen LogP contribution is -2.40. The first kappa shape index (κ1) is 19.6. The van der Waals surface area contributed by atoms with E-state index in [1.165, 1.54) is 29.5 Å². The van der Waals surface area contributed by atoms with Crippen molar-refractivity contribution >= 4 is 50.4 Å². The molecule has 148 valence electrons. The van der Waals surface area contributed by atoms with Gasteiger partial charge in [0.1, 0.15) is 9.90 Å². The third kappa shape index (κ3) is 4.16. The number of rotatable bonds is 5. The van der Waals surface area contributed by atoms with Crippen LogP contribution in [-0.2, 0) is 14.8 Å². The highest BCUT2D eigenvalue weighted by atomic mass is 35.5. The summed E-state index contributed by atoms with van der Waals surface area (Å²) in [4.78, 5) is 17.0. The Labute approximate surface area is 176 Å². The van der Waals surface area contributed by atoms with Crippen molar-refractivity contribution in [3.63, 3.8) is 0 Å². The number of hydrogen-bond acceptors (Lipinski definition) is 6. The van der Waals surface area contributed by atoms with Crippen LogP contribution in [0.3, 0.4) is 0 Å². The zero-order valence-corrected chi connectivity index (χ0v) is 17.3. The van der Waals surface area contributed by atoms with Crippen LogP contribution in [0.25, 0.3) is 0 Å². The minimum atomic E-state index is -4.02. The molecule has 0 spiro atoms. The number of nitrogens with zero attached hydrogens (tertiary/aromatic N) is 2. The number of halogens is 1. The Balaban J connectivity index is 1.55. The van der Waals surface area contributed by atoms with Crippen molar-refractivity contribution in [3.8, 4) is 0 Å². The average Bonchev–Trinajstić information content (AvgIpc) is 3.23. The number of amides is 1. The highest BCUT2D eigenvalue weighted by Crippen LogP contribution is 2.30. The molecule has 0 fully saturated rings. The van der Waals surface area contributed by atoms with Crippen LogP contribution in [0.4, 0.5) is 5.69 Å². The molecular weight excluding hydrogens is 432 g/mol. The first-order chi connectivity index (χ1) is 13.9. The molecule has 2 aromatic carbocycles. The molecule has 1 amide bonds. The molecule has 0 radical (unpaired) electrons. The molecular formula is C19H15ClN4O3S2. The standard InChI is InChI=1S/C19H15ClN4O3S2/c20-13-6-7-15-16(10-13)29(26,27)24-17(23-15)18(25)22-11-14(19-21-8-9-28-19)12-4-2-1-3-5-12/h1-10,14H,11H2,(H,22,25)(H,23,24). The van der Waals surface area contributed by atoms with Crippen molar-refractivity contribution in [2.45, 2.75) is 10.8 Å². The number of carbonyl (C=O) groups is 1. The van der Waals surface area contributed by atoms with Gasteiger partial charge in [0, 0.05) is 23.1 Å². The highest BCUT2D eigenvalue weighted by Gasteiger charge is 2.29. The Kier molecular flexibility index (Phi) is 5.35. The number of sulfonamides is 1. The second-order valence-corrected chi connectivity index (χ2v) is 9.16. The lowest BCUT2D eigenvalue weighted by molar-refractivity contribution is -0.114. The molecule has 1 aromatic heterocycles. The summed E-state index contributed by atoms with van der Waals surface area (Å²) < 4.78 is 28.4. The Morgan fingerprint density at radius 3 is 2.72 bits per heavy atom. The minimum absolute atomic E-state index is 0.0634. The van der Waals surface area contributed by atoms with Gasteiger partial charge in [0.2, 0.25) is 5.84 Å². The van der Waals surface area contributed by atoms with E-state index >= 15 is 0 Å². The van der Waals surface area contributed by atoms with Crippen LogP contribution in [0.1, 0.15) is 16.5 Å². The van der Waals surface area contributed by atoms with E-state index in [1.807, 2.05) is 35.7 Å². The second-order valence-electron chi connectivity index (χ2n) is 6.22. The van der Waals surface area contributed by atoms with E-state index in [1.54, 1.807) is 6.20 Å². The average molecular weight is 447 g/mol. The summed E-state index contributed by atoms with van der Waals surface area (Å²) in [5.41, 5.74) is 1.25. The van der Waals surface area contributed by atoms with E-state index < -0.39 is 15.9 Å². The van der Waals surface area contributed by atoms with E-state index in [2.05, 4.69) is 20.0 Å². The van der Waals surface area contributed by atoms with Crippen LogP contribution < -0.4 is 10.6 Å². The van der Waals surface area contributed by atoms with Crippen LogP contribution in [0.5, 0.6) is 0 Å². The van der Waals surface area contributed by atoms with Crippen molar-refractivity contribution < 1.29 is 13.2 Å². The van der Waals surface area contributed by atoms with Crippen LogP contribution in [0.15, 0.2) is 69.4 Å². The topological polar surface area (TPSA) is 101 Å². The highest BCUT2D eigenvalue weighted by molar-refractivity contribution is 7.90. The maximum absolute atomic E-state index is 12.7. The Hall–Kier alpha value is -2.75. The second kappa shape index (κ2) is 7.94. The van der Waals surface area contributed by atoms with Crippen molar-refractivity contribution in [1.29, 1.82) is 0 Å². The summed E-state index contributed by atoms with van der Waals surface area (Å²) in [6.45, 7) is 0.241. The van der Waals surface area contributed by atoms with Crippen molar-refractivity contribution in [1.82, 2.24) is 10.3 Å². The number of amidine groups is 1. The summed E-state index contributed by atoms with van der Waals surface area (Å²) >= 11 is 7.36. The molecule has 1 aliphatic rings. The SMILES string of the molecule is O=C(NCC(c1ccccc1)c1nccs1)C1=NS(=O)(=O)c2cc(Cl)ccc2N1. The van der Waals surface area contributed by atoms with Gasteiger partial charge in [0.05, 0.1) is 11.6 Å². The third-order valence-electron chi connectivity index (χ3n) is 4.32. The van der Waals surface area contributed by atoms with Crippen LogP contribution in [-0.4, -0.2) is 31.7 Å². The molecule has 0 aliphatic carbocycles. The van der Waals surface area contributed by atoms with Gasteiger partial charge in [-0.2, -0.15) is 8.42 Å². The first-order valence-corrected chi connectivity index (χ1v) is 11.3. The zero-order valence-electron chi connectivity index (χ0n) is 14.9. The number of aromatic nitrogens is 1. The molecule has 2 heterocycles. The van der Waals surface area contributed by atoms with Crippen LogP contribution in [0.2, 0.25) is 5.02 Å². The smallest absolute Gasteiger partial charge is 0.287 e. The number of hydrogen-bond donors (Lipinski definition) is 2. The molecule has 4 rings (SSSR count). The summed E-state index contributed by atoms with van der Waals surface area (Å²) in [6, 6.07) is 14.0. The predicted molar refractivity (Wildman–Crippen MR) is 113 cm³/mol. The van der Waals surface area contributed by atoms with E-state index in [-0.39, 0.29) is 33.9 Å². The van der Waals surface area contributed by atoms with Crippen LogP contribution >= 0.6 is 22.9 Å². The molecule has 10 heteroatoms. The van der Waals surface area contributed by atoms with Gasteiger partial charge >= 0.3 is 0 Å². The normalized spacial score (nSPS) is 15.6. The lowest BCUT2D eigenvalue weighted by Gasteiger charge is -2.19. The molecule has 7 nitrogen and oxygen atoms in total. The number of benzene rings is 2. The zero-order chi connectivity index (χ0) is 20.4. The molecule has 0 saturated heterocycles. The van der Waals surface area contributed by atoms with E-state index in [9.17, 15) is 13.2 Å². The molecule has 1 aliphatic heterocycles. The molecule has 29 heavy (non-hydrogen) atoms. The maximum Gasteiger partial charge on any atom is 0.287 e. The molecule has 2 N–H and O–H groups in total. The molecule has 0 bridgehead atoms. The molecule has 3 aromatic rings. The lowest BCUT2D eigenvalue weighted by atomic mass is 10.00. The van der Waals surface area contributed by atoms with Crippen molar-refractivity contribution in [2.24, 2.45) is 4.40 Å². The number of fused-ring (bicyclic) bond motifs is 1. The molecule has 1 atom stereocenters. The fourth-order valence-electron chi connectivity index (χ4n) is 2.95. The van der Waals surface area contributed by atoms with Crippen molar-refractivity contribution in [3.05, 3.63) is 75.7 Å². The maximum atomic E-state index is 12.7. The van der Waals surface area contributed by atoms with Gasteiger partial charge in [0.15, 0.2) is 0 Å². The van der Waals surface area contributed by atoms with Gasteiger partial charge in [-0.15, -0.1) is 15.7 Å². The monoisotopic (exact) mass is 446 g/mol. The van der Waals surface area contributed by atoms with Gasteiger partial charge in [-0.05, 0) is 23.8 Å². The number of anilines is 1. The quantitative estimate of drug-likeness (QED) is 0.626. The van der Waals surface area contributed by atoms with Gasteiger partial charge in [-0.1, -0.05) is 41.9 Å². The van der Waals surface area contributed by atoms with E-state index in [0.29, 0.717) is 0 Å². The third-order valence-corrected chi connectivity index (χ3v) is 6.76. The van der Waals surface area contributed by atoms with Gasteiger partial charge < -0.3 is 10.6 Å². The van der Waals surface area contributed by atoms with E-state index in [4.69, 9.17) is 11.6 Å². The summed E-state index contributed by atoms with van der Waals surface area (Å²) in [5.74, 6) is -1.07. The predicted octanol–water partition coefficient (Wildman–Crippen LogP) is 3.26. The Bertz CT molecular complexity index is 1180. The van der Waals surface area contributed by atoms with Gasteiger partial charge in [-0.3, -0.25) is 4.79 Å². The number of carbonyl (C=O) groups excluding carboxylic acids is 1. The van der Waals surface area contributed by atoms with Crippen LogP contribution in [0, 0.1) is 0 Å². The molecule has 1 unspecified atom stereocenters. The minimum Gasteiger partial charge on any atom is -0.348 e. The number of thiazole rings is 1. The number of nitrogens with one attached hydrogen (secondary N) is 2.